The summed E-state index contributed by atoms with van der Waals surface area (Å²) in [5, 5.41) is 0. The molecule has 3 aromatic heterocycles. The monoisotopic (exact) mass is 816 g/mol. The van der Waals surface area contributed by atoms with Crippen molar-refractivity contribution in [3.05, 3.63) is 132 Å². The Morgan fingerprint density at radius 3 is 0.907 bits per heavy atom. The fourth-order valence-corrected chi connectivity index (χ4v) is 4.15. The van der Waals surface area contributed by atoms with Crippen LogP contribution >= 0.6 is 15.6 Å². The molecule has 0 bridgehead atoms. The minimum absolute atomic E-state index is 0.755. The summed E-state index contributed by atoms with van der Waals surface area (Å²) in [5.41, 5.74) is 6.94. The molecule has 0 aliphatic rings. The van der Waals surface area contributed by atoms with Crippen molar-refractivity contribution in [2.75, 3.05) is 38.0 Å². The molecule has 2 aromatic carbocycles. The van der Waals surface area contributed by atoms with Crippen molar-refractivity contribution in [1.82, 2.24) is 9.97 Å². The number of benzene rings is 2. The maximum atomic E-state index is 9.87. The summed E-state index contributed by atoms with van der Waals surface area (Å²) in [6.45, 7) is 0. The summed E-state index contributed by atoms with van der Waals surface area (Å²) in [6, 6.07) is 25.3. The molecule has 0 saturated carbocycles. The quantitative estimate of drug-likeness (QED) is 0.0888. The first-order chi connectivity index (χ1) is 24.3. The summed E-state index contributed by atoms with van der Waals surface area (Å²) < 4.78 is 122. The van der Waals surface area contributed by atoms with Crippen LogP contribution < -0.4 is 18.9 Å². The number of hydrogen-bond acceptors (Lipinski definition) is 4. The molecule has 20 heteroatoms. The summed E-state index contributed by atoms with van der Waals surface area (Å²) in [5.74, 6) is 1.51. The Morgan fingerprint density at radius 1 is 0.426 bits per heavy atom. The van der Waals surface area contributed by atoms with Crippen molar-refractivity contribution in [2.24, 2.45) is 0 Å². The van der Waals surface area contributed by atoms with E-state index >= 15 is 0 Å². The summed E-state index contributed by atoms with van der Waals surface area (Å²) in [6.07, 6.45) is 20.0. The Bertz CT molecular complexity index is 1900. The van der Waals surface area contributed by atoms with Gasteiger partial charge in [-0.25, -0.2) is 14.1 Å². The van der Waals surface area contributed by atoms with E-state index in [1.54, 1.807) is 12.4 Å². The molecule has 0 spiro atoms. The van der Waals surface area contributed by atoms with E-state index in [9.17, 15) is 50.4 Å². The van der Waals surface area contributed by atoms with Gasteiger partial charge < -0.3 is 9.80 Å². The SMILES string of the molecule is CN(C)c1ccc(/C=C/c2cc[n+](-c3cncc(-[n+]4ccc(/C=C/c5ccc(N(C)C)cc5)cc4)n3)cc2)cc1.F[P-](F)(F)(F)(F)F.F[P-](F)(F)(F)(F)F. The molecule has 294 valence electrons. The van der Waals surface area contributed by atoms with Gasteiger partial charge in [0, 0.05) is 44.5 Å². The van der Waals surface area contributed by atoms with Crippen LogP contribution in [0.25, 0.3) is 35.9 Å². The van der Waals surface area contributed by atoms with Crippen LogP contribution in [0.4, 0.5) is 61.7 Å². The van der Waals surface area contributed by atoms with Crippen molar-refractivity contribution >= 4 is 51.3 Å². The second kappa shape index (κ2) is 14.6. The summed E-state index contributed by atoms with van der Waals surface area (Å²) in [4.78, 5) is 13.5. The molecule has 0 amide bonds. The van der Waals surface area contributed by atoms with Crippen LogP contribution in [-0.4, -0.2) is 38.2 Å². The van der Waals surface area contributed by atoms with E-state index < -0.39 is 15.6 Å². The number of aromatic nitrogens is 4. The average Bonchev–Trinajstić information content (AvgIpc) is 3.04. The van der Waals surface area contributed by atoms with Crippen LogP contribution in [0.1, 0.15) is 22.3 Å². The van der Waals surface area contributed by atoms with Crippen molar-refractivity contribution in [3.63, 3.8) is 0 Å². The number of pyridine rings is 2. The second-order valence-electron chi connectivity index (χ2n) is 11.9. The van der Waals surface area contributed by atoms with Gasteiger partial charge in [0.05, 0.1) is 24.8 Å². The van der Waals surface area contributed by atoms with Gasteiger partial charge in [0.15, 0.2) is 0 Å². The Hall–Kier alpha value is -5.08. The van der Waals surface area contributed by atoms with Gasteiger partial charge in [0.2, 0.25) is 0 Å². The van der Waals surface area contributed by atoms with E-state index in [1.807, 2.05) is 62.1 Å². The molecule has 6 nitrogen and oxygen atoms in total. The second-order valence-corrected chi connectivity index (χ2v) is 15.7. The summed E-state index contributed by atoms with van der Waals surface area (Å²) in [7, 11) is -13.1. The zero-order valence-corrected chi connectivity index (χ0v) is 30.6. The van der Waals surface area contributed by atoms with Gasteiger partial charge in [-0.3, -0.25) is 0 Å². The predicted molar refractivity (Wildman–Crippen MR) is 192 cm³/mol. The number of anilines is 2. The van der Waals surface area contributed by atoms with Crippen LogP contribution in [0.3, 0.4) is 0 Å². The zero-order valence-electron chi connectivity index (χ0n) is 28.8. The van der Waals surface area contributed by atoms with Crippen molar-refractivity contribution in [3.8, 4) is 11.6 Å². The Morgan fingerprint density at radius 2 is 0.667 bits per heavy atom. The van der Waals surface area contributed by atoms with Gasteiger partial charge in [0.25, 0.3) is 0 Å². The molecule has 0 fully saturated rings. The van der Waals surface area contributed by atoms with Crippen LogP contribution in [0, 0.1) is 0 Å². The van der Waals surface area contributed by atoms with Gasteiger partial charge in [-0.2, -0.15) is 0 Å². The number of nitrogens with zero attached hydrogens (tertiary/aromatic N) is 6. The first-order valence-electron chi connectivity index (χ1n) is 15.2. The van der Waals surface area contributed by atoms with E-state index in [0.29, 0.717) is 0 Å². The fourth-order valence-electron chi connectivity index (χ4n) is 4.15. The van der Waals surface area contributed by atoms with E-state index in [2.05, 4.69) is 112 Å². The first-order valence-corrected chi connectivity index (χ1v) is 19.3. The normalized spacial score (nSPS) is 14.4. The molecule has 0 atom stereocenters. The van der Waals surface area contributed by atoms with Gasteiger partial charge in [-0.1, -0.05) is 48.6 Å². The van der Waals surface area contributed by atoms with Gasteiger partial charge in [-0.15, -0.1) is 0 Å². The molecular weight excluding hydrogens is 782 g/mol. The van der Waals surface area contributed by atoms with E-state index in [4.69, 9.17) is 4.98 Å². The van der Waals surface area contributed by atoms with Gasteiger partial charge in [0.1, 0.15) is 12.4 Å². The number of rotatable bonds is 8. The van der Waals surface area contributed by atoms with Gasteiger partial charge in [-0.05, 0) is 70.8 Å². The molecule has 0 aliphatic heterocycles. The molecule has 0 radical (unpaired) electrons. The third-order valence-corrected chi connectivity index (χ3v) is 6.60. The summed E-state index contributed by atoms with van der Waals surface area (Å²) >= 11 is 0. The molecule has 0 N–H and O–H groups in total. The van der Waals surface area contributed by atoms with Crippen molar-refractivity contribution in [1.29, 1.82) is 0 Å². The van der Waals surface area contributed by atoms with Crippen molar-refractivity contribution < 1.29 is 59.5 Å². The van der Waals surface area contributed by atoms with Crippen LogP contribution in [0.2, 0.25) is 0 Å². The Kier molecular flexibility index (Phi) is 11.7. The molecule has 0 saturated heterocycles. The molecule has 0 aliphatic carbocycles. The Labute approximate surface area is 302 Å². The molecule has 5 aromatic rings. The van der Waals surface area contributed by atoms with Crippen LogP contribution in [-0.2, 0) is 0 Å². The minimum atomic E-state index is -10.7. The van der Waals surface area contributed by atoms with E-state index in [1.165, 1.54) is 11.4 Å². The molecule has 3 heterocycles. The third-order valence-electron chi connectivity index (χ3n) is 6.60. The fraction of sp³-hybridized carbons (Fsp3) is 0.118. The third kappa shape index (κ3) is 19.7. The van der Waals surface area contributed by atoms with E-state index in [0.717, 1.165) is 33.9 Å². The zero-order chi connectivity index (χ0) is 40.7. The van der Waals surface area contributed by atoms with Gasteiger partial charge >= 0.3 is 77.6 Å². The maximum absolute atomic E-state index is 10.7. The molecule has 5 rings (SSSR count). The number of halogens is 12. The molecule has 0 unspecified atom stereocenters. The topological polar surface area (TPSA) is 40.0 Å². The van der Waals surface area contributed by atoms with Crippen LogP contribution in [0.15, 0.2) is 110 Å². The first kappa shape index (κ1) is 43.3. The van der Waals surface area contributed by atoms with Crippen LogP contribution in [0.5, 0.6) is 0 Å². The molecular formula is C34H34F12N6P2. The van der Waals surface area contributed by atoms with Crippen molar-refractivity contribution in [2.45, 2.75) is 0 Å². The standard InChI is InChI=1S/C34H34N6.2F6P/c1-37(2)31-13-9-27(10-14-31)5-7-29-17-21-39(22-18-29)33-25-35-26-34(36-33)40-23-19-30(20-24-40)8-6-28-11-15-32(16-12-28)38(3)4;2*1-7(2,3,4,5)6/h5-26H,1-4H3;;/q+2;2*-1. The average molecular weight is 817 g/mol. The predicted octanol–water partition coefficient (Wildman–Crippen LogP) is 12.3. The Balaban J connectivity index is 0.000000476. The molecule has 54 heavy (non-hydrogen) atoms. The number of hydrogen-bond donors (Lipinski definition) is 0. The van der Waals surface area contributed by atoms with E-state index in [-0.39, 0.29) is 0 Å².